The molecule has 0 radical (unpaired) electrons. The number of carbonyl (C=O) groups excluding carboxylic acids is 1. The number of hydrogen-bond acceptors (Lipinski definition) is 5. The highest BCUT2D eigenvalue weighted by Crippen LogP contribution is 2.22. The number of ether oxygens (including phenoxy) is 2. The van der Waals surface area contributed by atoms with Crippen molar-refractivity contribution < 1.29 is 14.3 Å². The molecule has 1 fully saturated rings. The summed E-state index contributed by atoms with van der Waals surface area (Å²) in [6.45, 7) is 11.6. The van der Waals surface area contributed by atoms with Crippen LogP contribution in [0.1, 0.15) is 51.4 Å². The van der Waals surface area contributed by atoms with Gasteiger partial charge >= 0.3 is 12.1 Å². The van der Waals surface area contributed by atoms with Crippen molar-refractivity contribution in [2.24, 2.45) is 5.92 Å². The Hall–Kier alpha value is -1.85. The zero-order chi connectivity index (χ0) is 17.7. The first-order valence-electron chi connectivity index (χ1n) is 8.66. The normalized spacial score (nSPS) is 18.4. The van der Waals surface area contributed by atoms with E-state index in [-0.39, 0.29) is 6.09 Å². The Morgan fingerprint density at radius 2 is 1.96 bits per heavy atom. The first kappa shape index (κ1) is 18.5. The summed E-state index contributed by atoms with van der Waals surface area (Å²) in [7, 11) is 0. The average Bonchev–Trinajstić information content (AvgIpc) is 2.45. The van der Waals surface area contributed by atoms with E-state index in [2.05, 4.69) is 9.97 Å². The molecule has 0 saturated carbocycles. The molecule has 1 amide bonds. The smallest absolute Gasteiger partial charge is 0.410 e. The van der Waals surface area contributed by atoms with E-state index in [9.17, 15) is 4.79 Å². The molecule has 1 aliphatic heterocycles. The van der Waals surface area contributed by atoms with Gasteiger partial charge in [0, 0.05) is 24.5 Å². The average molecular weight is 335 g/mol. The number of carbonyl (C=O) groups is 1. The van der Waals surface area contributed by atoms with Gasteiger partial charge in [-0.05, 0) is 65.9 Å². The molecular formula is C18H29N3O3. The van der Waals surface area contributed by atoms with Crippen LogP contribution in [-0.2, 0) is 4.74 Å². The van der Waals surface area contributed by atoms with Crippen LogP contribution in [0.15, 0.2) is 6.07 Å². The molecule has 0 spiro atoms. The van der Waals surface area contributed by atoms with Crippen molar-refractivity contribution in [3.8, 4) is 6.01 Å². The molecule has 2 heterocycles. The largest absolute Gasteiger partial charge is 0.463 e. The van der Waals surface area contributed by atoms with Crippen LogP contribution < -0.4 is 4.74 Å². The van der Waals surface area contributed by atoms with E-state index in [0.29, 0.717) is 18.5 Å². The quantitative estimate of drug-likeness (QED) is 0.842. The highest BCUT2D eigenvalue weighted by atomic mass is 16.6. The molecular weight excluding hydrogens is 306 g/mol. The molecule has 6 nitrogen and oxygen atoms in total. The highest BCUT2D eigenvalue weighted by Gasteiger charge is 2.27. The van der Waals surface area contributed by atoms with Crippen LogP contribution in [0.2, 0.25) is 0 Å². The number of amides is 1. The van der Waals surface area contributed by atoms with Crippen LogP contribution in [0.4, 0.5) is 4.79 Å². The molecule has 1 aromatic heterocycles. The fourth-order valence-corrected chi connectivity index (χ4v) is 2.87. The Morgan fingerprint density at radius 1 is 1.29 bits per heavy atom. The van der Waals surface area contributed by atoms with Crippen LogP contribution >= 0.6 is 0 Å². The second kappa shape index (κ2) is 7.81. The summed E-state index contributed by atoms with van der Waals surface area (Å²) in [4.78, 5) is 22.6. The molecule has 134 valence electrons. The van der Waals surface area contributed by atoms with Crippen molar-refractivity contribution >= 4 is 6.09 Å². The predicted molar refractivity (Wildman–Crippen MR) is 92.1 cm³/mol. The van der Waals surface area contributed by atoms with E-state index in [4.69, 9.17) is 9.47 Å². The van der Waals surface area contributed by atoms with Crippen molar-refractivity contribution in [2.75, 3.05) is 19.7 Å². The molecule has 1 saturated heterocycles. The monoisotopic (exact) mass is 335 g/mol. The van der Waals surface area contributed by atoms with Gasteiger partial charge in [0.25, 0.3) is 0 Å². The van der Waals surface area contributed by atoms with Gasteiger partial charge < -0.3 is 14.4 Å². The maximum absolute atomic E-state index is 12.2. The summed E-state index contributed by atoms with van der Waals surface area (Å²) in [5.41, 5.74) is 1.37. The van der Waals surface area contributed by atoms with Crippen molar-refractivity contribution in [1.82, 2.24) is 14.9 Å². The zero-order valence-electron chi connectivity index (χ0n) is 15.5. The summed E-state index contributed by atoms with van der Waals surface area (Å²) in [6, 6.07) is 2.36. The van der Waals surface area contributed by atoms with Crippen LogP contribution in [0, 0.1) is 19.8 Å². The molecule has 2 rings (SSSR count). The number of rotatable bonds is 4. The summed E-state index contributed by atoms with van der Waals surface area (Å²) < 4.78 is 11.2. The van der Waals surface area contributed by atoms with Gasteiger partial charge in [0.1, 0.15) is 5.60 Å². The van der Waals surface area contributed by atoms with Gasteiger partial charge in [-0.3, -0.25) is 0 Å². The van der Waals surface area contributed by atoms with Crippen LogP contribution in [-0.4, -0.2) is 46.3 Å². The maximum Gasteiger partial charge on any atom is 0.410 e. The van der Waals surface area contributed by atoms with Gasteiger partial charge in [-0.1, -0.05) is 0 Å². The number of hydrogen-bond donors (Lipinski definition) is 0. The fraction of sp³-hybridized carbons (Fsp3) is 0.722. The van der Waals surface area contributed by atoms with Crippen molar-refractivity contribution in [3.05, 3.63) is 17.5 Å². The third-order valence-corrected chi connectivity index (χ3v) is 3.89. The van der Waals surface area contributed by atoms with Crippen LogP contribution in [0.25, 0.3) is 0 Å². The standard InChI is InChI=1S/C18H29N3O3/c1-13-11-14(2)20-16(19-13)23-10-8-15-7-6-9-21(12-15)17(22)24-18(3,4)5/h11,15H,6-10,12H2,1-5H3. The second-order valence-electron chi connectivity index (χ2n) is 7.51. The van der Waals surface area contributed by atoms with E-state index < -0.39 is 5.60 Å². The lowest BCUT2D eigenvalue weighted by molar-refractivity contribution is 0.0154. The van der Waals surface area contributed by atoms with Gasteiger partial charge in [0.05, 0.1) is 6.61 Å². The minimum Gasteiger partial charge on any atom is -0.463 e. The van der Waals surface area contributed by atoms with Gasteiger partial charge in [0.2, 0.25) is 0 Å². The highest BCUT2D eigenvalue weighted by molar-refractivity contribution is 5.68. The Bertz CT molecular complexity index is 549. The van der Waals surface area contributed by atoms with Gasteiger partial charge in [-0.25, -0.2) is 14.8 Å². The SMILES string of the molecule is Cc1cc(C)nc(OCCC2CCCN(C(=O)OC(C)(C)C)C2)n1. The van der Waals surface area contributed by atoms with Gasteiger partial charge in [-0.15, -0.1) is 0 Å². The van der Waals surface area contributed by atoms with Crippen LogP contribution in [0.3, 0.4) is 0 Å². The van der Waals surface area contributed by atoms with Gasteiger partial charge in [0.15, 0.2) is 0 Å². The number of piperidine rings is 1. The lowest BCUT2D eigenvalue weighted by Crippen LogP contribution is -2.43. The number of likely N-dealkylation sites (tertiary alicyclic amines) is 1. The molecule has 0 bridgehead atoms. The summed E-state index contributed by atoms with van der Waals surface area (Å²) >= 11 is 0. The van der Waals surface area contributed by atoms with Crippen LogP contribution in [0.5, 0.6) is 6.01 Å². The molecule has 0 N–H and O–H groups in total. The zero-order valence-corrected chi connectivity index (χ0v) is 15.5. The van der Waals surface area contributed by atoms with E-state index >= 15 is 0 Å². The van der Waals surface area contributed by atoms with Gasteiger partial charge in [-0.2, -0.15) is 0 Å². The molecule has 0 aromatic carbocycles. The first-order valence-corrected chi connectivity index (χ1v) is 8.66. The van der Waals surface area contributed by atoms with E-state index in [1.807, 2.05) is 45.6 Å². The van der Waals surface area contributed by atoms with Crippen molar-refractivity contribution in [2.45, 2.75) is 59.5 Å². The Kier molecular flexibility index (Phi) is 6.02. The first-order chi connectivity index (χ1) is 11.2. The molecule has 1 atom stereocenters. The van der Waals surface area contributed by atoms with E-state index in [1.54, 1.807) is 0 Å². The lowest BCUT2D eigenvalue weighted by Gasteiger charge is -2.34. The maximum atomic E-state index is 12.2. The third kappa shape index (κ3) is 5.98. The topological polar surface area (TPSA) is 64.5 Å². The molecule has 1 aliphatic rings. The second-order valence-corrected chi connectivity index (χ2v) is 7.51. The molecule has 24 heavy (non-hydrogen) atoms. The molecule has 0 aliphatic carbocycles. The summed E-state index contributed by atoms with van der Waals surface area (Å²) in [5.74, 6) is 0.428. The number of aromatic nitrogens is 2. The number of aryl methyl sites for hydroxylation is 2. The Labute approximate surface area is 144 Å². The molecule has 6 heteroatoms. The van der Waals surface area contributed by atoms with E-state index in [0.717, 1.165) is 43.7 Å². The third-order valence-electron chi connectivity index (χ3n) is 3.89. The summed E-state index contributed by atoms with van der Waals surface area (Å²) in [5, 5.41) is 0. The lowest BCUT2D eigenvalue weighted by atomic mass is 9.95. The number of nitrogens with zero attached hydrogens (tertiary/aromatic N) is 3. The fourth-order valence-electron chi connectivity index (χ4n) is 2.87. The van der Waals surface area contributed by atoms with Crippen molar-refractivity contribution in [3.63, 3.8) is 0 Å². The Balaban J connectivity index is 1.79. The van der Waals surface area contributed by atoms with E-state index in [1.165, 1.54) is 0 Å². The molecule has 1 aromatic rings. The molecule has 1 unspecified atom stereocenters. The van der Waals surface area contributed by atoms with Crippen molar-refractivity contribution in [1.29, 1.82) is 0 Å². The predicted octanol–water partition coefficient (Wildman–Crippen LogP) is 3.51. The minimum absolute atomic E-state index is 0.217. The Morgan fingerprint density at radius 3 is 2.58 bits per heavy atom. The minimum atomic E-state index is -0.451. The summed E-state index contributed by atoms with van der Waals surface area (Å²) in [6.07, 6.45) is 2.78.